The summed E-state index contributed by atoms with van der Waals surface area (Å²) in [5.41, 5.74) is 4.47. The van der Waals surface area contributed by atoms with Crippen molar-refractivity contribution in [1.82, 2.24) is 9.55 Å². The Labute approximate surface area is 129 Å². The number of alkyl halides is 3. The summed E-state index contributed by atoms with van der Waals surface area (Å²) in [6, 6.07) is 0.194. The quantitative estimate of drug-likeness (QED) is 0.921. The highest BCUT2D eigenvalue weighted by atomic mass is 19.4. The van der Waals surface area contributed by atoms with Crippen molar-refractivity contribution >= 4 is 5.91 Å². The molecule has 1 aromatic rings. The zero-order valence-corrected chi connectivity index (χ0v) is 12.0. The molecule has 0 spiro atoms. The van der Waals surface area contributed by atoms with Gasteiger partial charge < -0.3 is 10.3 Å². The Balaban J connectivity index is 1.35. The van der Waals surface area contributed by atoms with E-state index in [9.17, 15) is 18.0 Å². The van der Waals surface area contributed by atoms with E-state index in [4.69, 9.17) is 5.73 Å². The summed E-state index contributed by atoms with van der Waals surface area (Å²) >= 11 is 0. The fraction of sp³-hybridized carbons (Fsp3) is 0.750. The average molecular weight is 321 g/mol. The zero-order chi connectivity index (χ0) is 15.7. The molecule has 0 aromatic carbocycles. The largest absolute Gasteiger partial charge is 0.434 e. The zero-order valence-electron chi connectivity index (χ0n) is 12.0. The minimum atomic E-state index is -4.39. The molecule has 0 atom stereocenters. The Hall–Kier alpha value is -1.53. The smallest absolute Gasteiger partial charge is 0.369 e. The molecule has 7 saturated carbocycles. The number of aromatic nitrogens is 2. The second kappa shape index (κ2) is 2.71. The third-order valence-corrected chi connectivity index (χ3v) is 8.41. The molecule has 7 aliphatic rings. The van der Waals surface area contributed by atoms with E-state index in [1.165, 1.54) is 6.20 Å². The second-order valence-electron chi connectivity index (χ2n) is 8.47. The van der Waals surface area contributed by atoms with E-state index in [0.717, 1.165) is 12.8 Å². The van der Waals surface area contributed by atoms with E-state index in [1.807, 2.05) is 4.57 Å². The van der Waals surface area contributed by atoms with Crippen molar-refractivity contribution in [2.75, 3.05) is 0 Å². The molecule has 8 rings (SSSR count). The third-order valence-electron chi connectivity index (χ3n) is 8.41. The van der Waals surface area contributed by atoms with Gasteiger partial charge >= 0.3 is 6.18 Å². The number of hydrogen-bond donors (Lipinski definition) is 1. The van der Waals surface area contributed by atoms with E-state index >= 15 is 0 Å². The standard InChI is InChI=1S/C16H14F3N3O/c17-16(18,19)5-3-22(4-1-2-4)13(21-5)15-9-6-10(15)8-11(15)7(9)14(6,8)12(20)23/h3-4,6-11H,1-2H2,(H2,20,23). The van der Waals surface area contributed by atoms with Crippen LogP contribution in [0.5, 0.6) is 0 Å². The Morgan fingerprint density at radius 3 is 2.17 bits per heavy atom. The molecule has 1 heterocycles. The lowest BCUT2D eigenvalue weighted by atomic mass is 8.92. The van der Waals surface area contributed by atoms with Gasteiger partial charge in [-0.15, -0.1) is 0 Å². The van der Waals surface area contributed by atoms with Crippen LogP contribution in [0, 0.1) is 40.9 Å². The van der Waals surface area contributed by atoms with Crippen LogP contribution < -0.4 is 5.73 Å². The first-order chi connectivity index (χ1) is 10.9. The van der Waals surface area contributed by atoms with Crippen LogP contribution in [0.25, 0.3) is 0 Å². The summed E-state index contributed by atoms with van der Waals surface area (Å²) in [6.07, 6.45) is -1.28. The number of carbonyl (C=O) groups is 1. The number of hydrogen-bond acceptors (Lipinski definition) is 2. The molecule has 120 valence electrons. The summed E-state index contributed by atoms with van der Waals surface area (Å²) in [4.78, 5) is 15.9. The molecular formula is C16H14F3N3O. The van der Waals surface area contributed by atoms with Crippen LogP contribution in [-0.2, 0) is 16.4 Å². The highest BCUT2D eigenvalue weighted by Crippen LogP contribution is 3.09. The lowest BCUT2D eigenvalue weighted by Gasteiger charge is -3.10. The maximum absolute atomic E-state index is 13.1. The molecule has 0 saturated heterocycles. The molecule has 7 aliphatic carbocycles. The van der Waals surface area contributed by atoms with Gasteiger partial charge in [-0.1, -0.05) is 0 Å². The highest BCUT2D eigenvalue weighted by molar-refractivity contribution is 5.92. The molecule has 1 aromatic heterocycles. The monoisotopic (exact) mass is 321 g/mol. The molecule has 7 heteroatoms. The van der Waals surface area contributed by atoms with Gasteiger partial charge in [-0.25, -0.2) is 4.98 Å². The van der Waals surface area contributed by atoms with Crippen LogP contribution in [-0.4, -0.2) is 15.5 Å². The fourth-order valence-electron chi connectivity index (χ4n) is 7.95. The number of rotatable bonds is 3. The molecule has 0 unspecified atom stereocenters. The van der Waals surface area contributed by atoms with Crippen molar-refractivity contribution in [2.24, 2.45) is 46.7 Å². The van der Waals surface area contributed by atoms with Gasteiger partial charge in [0.2, 0.25) is 5.91 Å². The van der Waals surface area contributed by atoms with Crippen molar-refractivity contribution < 1.29 is 18.0 Å². The summed E-state index contributed by atoms with van der Waals surface area (Å²) in [5, 5.41) is 0. The van der Waals surface area contributed by atoms with Gasteiger partial charge in [0, 0.05) is 17.7 Å². The maximum atomic E-state index is 13.1. The summed E-state index contributed by atoms with van der Waals surface area (Å²) in [7, 11) is 0. The Kier molecular flexibility index (Phi) is 1.41. The molecule has 0 aliphatic heterocycles. The highest BCUT2D eigenvalue weighted by Gasteiger charge is 3.12. The minimum absolute atomic E-state index is 0.136. The number of imidazole rings is 1. The predicted molar refractivity (Wildman–Crippen MR) is 69.7 cm³/mol. The van der Waals surface area contributed by atoms with Crippen molar-refractivity contribution in [2.45, 2.75) is 30.5 Å². The van der Waals surface area contributed by atoms with Crippen LogP contribution >= 0.6 is 0 Å². The summed E-state index contributed by atoms with van der Waals surface area (Å²) < 4.78 is 41.2. The van der Waals surface area contributed by atoms with Gasteiger partial charge in [0.1, 0.15) is 5.82 Å². The van der Waals surface area contributed by atoms with Gasteiger partial charge in [-0.3, -0.25) is 4.79 Å². The molecule has 0 radical (unpaired) electrons. The molecule has 7 fully saturated rings. The van der Waals surface area contributed by atoms with Crippen molar-refractivity contribution in [1.29, 1.82) is 0 Å². The van der Waals surface area contributed by atoms with Crippen molar-refractivity contribution in [3.05, 3.63) is 17.7 Å². The molecule has 1 amide bonds. The van der Waals surface area contributed by atoms with E-state index in [1.54, 1.807) is 0 Å². The first kappa shape index (κ1) is 11.9. The van der Waals surface area contributed by atoms with Crippen molar-refractivity contribution in [3.63, 3.8) is 0 Å². The van der Waals surface area contributed by atoms with Gasteiger partial charge in [-0.05, 0) is 48.3 Å². The molecule has 0 bridgehead atoms. The number of primary amides is 1. The normalized spacial score (nSPS) is 55.8. The fourth-order valence-corrected chi connectivity index (χ4v) is 7.95. The molecular weight excluding hydrogens is 307 g/mol. The first-order valence-electron chi connectivity index (χ1n) is 8.33. The number of halogens is 3. The third kappa shape index (κ3) is 0.766. The van der Waals surface area contributed by atoms with E-state index in [2.05, 4.69) is 4.98 Å². The first-order valence-corrected chi connectivity index (χ1v) is 8.33. The number of nitrogens with two attached hydrogens (primary N) is 1. The Bertz CT molecular complexity index is 783. The van der Waals surface area contributed by atoms with Crippen molar-refractivity contribution in [3.8, 4) is 0 Å². The van der Waals surface area contributed by atoms with E-state index in [0.29, 0.717) is 41.3 Å². The number of carbonyl (C=O) groups excluding carboxylic acids is 1. The van der Waals surface area contributed by atoms with Crippen LogP contribution in [0.3, 0.4) is 0 Å². The van der Waals surface area contributed by atoms with Gasteiger partial charge in [0.15, 0.2) is 5.69 Å². The predicted octanol–water partition coefficient (Wildman–Crippen LogP) is 1.71. The van der Waals surface area contributed by atoms with Crippen LogP contribution in [0.15, 0.2) is 6.20 Å². The van der Waals surface area contributed by atoms with Crippen LogP contribution in [0.1, 0.15) is 30.4 Å². The van der Waals surface area contributed by atoms with Crippen LogP contribution in [0.4, 0.5) is 13.2 Å². The molecule has 23 heavy (non-hydrogen) atoms. The maximum Gasteiger partial charge on any atom is 0.434 e. The van der Waals surface area contributed by atoms with Crippen LogP contribution in [0.2, 0.25) is 0 Å². The van der Waals surface area contributed by atoms with Gasteiger partial charge in [-0.2, -0.15) is 13.2 Å². The van der Waals surface area contributed by atoms with E-state index in [-0.39, 0.29) is 22.8 Å². The van der Waals surface area contributed by atoms with E-state index < -0.39 is 11.9 Å². The summed E-state index contributed by atoms with van der Waals surface area (Å²) in [5.74, 6) is 2.66. The molecule has 2 N–H and O–H groups in total. The second-order valence-corrected chi connectivity index (χ2v) is 8.47. The summed E-state index contributed by atoms with van der Waals surface area (Å²) in [6.45, 7) is 0. The lowest BCUT2D eigenvalue weighted by molar-refractivity contribution is -0.612. The topological polar surface area (TPSA) is 60.9 Å². The lowest BCUT2D eigenvalue weighted by Crippen LogP contribution is -3.12. The van der Waals surface area contributed by atoms with Gasteiger partial charge in [0.25, 0.3) is 0 Å². The average Bonchev–Trinajstić information content (AvgIpc) is 3.23. The Morgan fingerprint density at radius 2 is 1.74 bits per heavy atom. The molecule has 4 nitrogen and oxygen atoms in total. The number of nitrogens with zero attached hydrogens (tertiary/aromatic N) is 2. The van der Waals surface area contributed by atoms with Gasteiger partial charge in [0.05, 0.1) is 5.41 Å². The number of amides is 1. The SMILES string of the molecule is NC(=O)C12C3C4C1C1C2C3C41c1nc(C(F)(F)F)cn1C1CC1. The Morgan fingerprint density at radius 1 is 1.17 bits per heavy atom. The minimum Gasteiger partial charge on any atom is -0.369 e.